The molecule has 0 atom stereocenters. The van der Waals surface area contributed by atoms with Gasteiger partial charge in [0.1, 0.15) is 5.01 Å². The Balaban J connectivity index is 2.09. The van der Waals surface area contributed by atoms with E-state index in [0.29, 0.717) is 28.1 Å². The van der Waals surface area contributed by atoms with E-state index in [4.69, 9.17) is 0 Å². The van der Waals surface area contributed by atoms with Gasteiger partial charge in [-0.3, -0.25) is 14.9 Å². The van der Waals surface area contributed by atoms with Gasteiger partial charge in [-0.05, 0) is 35.8 Å². The van der Waals surface area contributed by atoms with Crippen molar-refractivity contribution in [3.8, 4) is 0 Å². The van der Waals surface area contributed by atoms with Gasteiger partial charge < -0.3 is 5.11 Å². The number of aliphatic carboxylic acids is 1. The number of carbonyl (C=O) groups is 1. The molecular weight excluding hydrogens is 352 g/mol. The number of benzene rings is 2. The van der Waals surface area contributed by atoms with Crippen molar-refractivity contribution >= 4 is 44.9 Å². The number of fused-ring (bicyclic) bond motifs is 1. The molecule has 1 heterocycles. The maximum absolute atomic E-state index is 11.3. The molecule has 0 saturated heterocycles. The molecule has 3 rings (SSSR count). The third kappa shape index (κ3) is 3.78. The van der Waals surface area contributed by atoms with E-state index in [1.165, 1.54) is 17.4 Å². The predicted molar refractivity (Wildman–Crippen MR) is 102 cm³/mol. The predicted octanol–water partition coefficient (Wildman–Crippen LogP) is 4.78. The summed E-state index contributed by atoms with van der Waals surface area (Å²) >= 11 is 1.41. The summed E-state index contributed by atoms with van der Waals surface area (Å²) in [5.74, 6) is -0.977. The largest absolute Gasteiger partial charge is 0.481 e. The molecule has 1 aromatic heterocycles. The van der Waals surface area contributed by atoms with E-state index >= 15 is 0 Å². The lowest BCUT2D eigenvalue weighted by Crippen LogP contribution is -1.98. The molecule has 0 bridgehead atoms. The van der Waals surface area contributed by atoms with Crippen LogP contribution in [0.4, 0.5) is 5.69 Å². The summed E-state index contributed by atoms with van der Waals surface area (Å²) in [6, 6.07) is 12.5. The minimum atomic E-state index is -0.977. The highest BCUT2D eigenvalue weighted by Gasteiger charge is 2.15. The number of carboxylic acids is 1. The first-order valence-electron chi connectivity index (χ1n) is 8.03. The second kappa shape index (κ2) is 7.45. The third-order valence-corrected chi connectivity index (χ3v) is 5.05. The van der Waals surface area contributed by atoms with Crippen molar-refractivity contribution in [1.29, 1.82) is 0 Å². The van der Waals surface area contributed by atoms with Crippen LogP contribution in [0.5, 0.6) is 0 Å². The molecule has 132 valence electrons. The highest BCUT2D eigenvalue weighted by Crippen LogP contribution is 2.31. The van der Waals surface area contributed by atoms with Gasteiger partial charge in [0.25, 0.3) is 5.69 Å². The monoisotopic (exact) mass is 368 g/mol. The molecule has 0 aliphatic carbocycles. The van der Waals surface area contributed by atoms with Crippen molar-refractivity contribution in [1.82, 2.24) is 4.98 Å². The van der Waals surface area contributed by atoms with Crippen molar-refractivity contribution in [3.63, 3.8) is 0 Å². The van der Waals surface area contributed by atoms with Gasteiger partial charge in [-0.2, -0.15) is 0 Å². The van der Waals surface area contributed by atoms with E-state index < -0.39 is 10.9 Å². The van der Waals surface area contributed by atoms with E-state index in [-0.39, 0.29) is 12.1 Å². The first-order chi connectivity index (χ1) is 12.5. The first kappa shape index (κ1) is 17.8. The number of rotatable bonds is 6. The Hall–Kier alpha value is -3.06. The van der Waals surface area contributed by atoms with Crippen LogP contribution in [-0.2, 0) is 11.2 Å². The van der Waals surface area contributed by atoms with E-state index in [1.54, 1.807) is 18.2 Å². The van der Waals surface area contributed by atoms with Gasteiger partial charge in [0, 0.05) is 11.6 Å². The molecule has 0 fully saturated rings. The SMILES string of the molecule is CCc1ccc(/C=C(\CC(=O)O)c2nc3ccccc3s2)cc1[N+](=O)[O-]. The molecule has 0 spiro atoms. The fraction of sp³-hybridized carbons (Fsp3) is 0.158. The van der Waals surface area contributed by atoms with Gasteiger partial charge in [0.2, 0.25) is 0 Å². The maximum Gasteiger partial charge on any atom is 0.307 e. The van der Waals surface area contributed by atoms with Crippen LogP contribution in [0.15, 0.2) is 42.5 Å². The van der Waals surface area contributed by atoms with Crippen LogP contribution < -0.4 is 0 Å². The zero-order valence-electron chi connectivity index (χ0n) is 14.0. The van der Waals surface area contributed by atoms with Crippen LogP contribution in [0.1, 0.15) is 29.5 Å². The van der Waals surface area contributed by atoms with Gasteiger partial charge in [0.15, 0.2) is 0 Å². The normalized spacial score (nSPS) is 11.7. The van der Waals surface area contributed by atoms with Gasteiger partial charge in [0.05, 0.1) is 21.6 Å². The Kier molecular flexibility index (Phi) is 5.09. The summed E-state index contributed by atoms with van der Waals surface area (Å²) in [5.41, 5.74) is 2.60. The molecule has 0 aliphatic rings. The molecule has 3 aromatic rings. The van der Waals surface area contributed by atoms with Gasteiger partial charge in [-0.25, -0.2) is 4.98 Å². The van der Waals surface area contributed by atoms with E-state index in [0.717, 1.165) is 10.2 Å². The maximum atomic E-state index is 11.3. The van der Waals surface area contributed by atoms with Crippen molar-refractivity contribution in [2.45, 2.75) is 19.8 Å². The van der Waals surface area contributed by atoms with E-state index in [1.807, 2.05) is 31.2 Å². The lowest BCUT2D eigenvalue weighted by atomic mass is 10.0. The second-order valence-electron chi connectivity index (χ2n) is 5.73. The topological polar surface area (TPSA) is 93.3 Å². The van der Waals surface area contributed by atoms with E-state index in [9.17, 15) is 20.0 Å². The highest BCUT2D eigenvalue weighted by molar-refractivity contribution is 7.19. The molecular formula is C19H16N2O4S. The summed E-state index contributed by atoms with van der Waals surface area (Å²) in [6.45, 7) is 1.86. The number of aryl methyl sites for hydroxylation is 1. The number of aromatic nitrogens is 1. The fourth-order valence-corrected chi connectivity index (χ4v) is 3.68. The van der Waals surface area contributed by atoms with Gasteiger partial charge in [-0.1, -0.05) is 31.2 Å². The van der Waals surface area contributed by atoms with Crippen LogP contribution in [-0.4, -0.2) is 21.0 Å². The molecule has 2 aromatic carbocycles. The highest BCUT2D eigenvalue weighted by atomic mass is 32.1. The minimum Gasteiger partial charge on any atom is -0.481 e. The van der Waals surface area contributed by atoms with Crippen LogP contribution in [0.3, 0.4) is 0 Å². The Morgan fingerprint density at radius 3 is 2.73 bits per heavy atom. The Morgan fingerprint density at radius 2 is 2.08 bits per heavy atom. The number of nitro groups is 1. The van der Waals surface area contributed by atoms with Crippen LogP contribution >= 0.6 is 11.3 Å². The summed E-state index contributed by atoms with van der Waals surface area (Å²) < 4.78 is 0.964. The number of thiazole rings is 1. The third-order valence-electron chi connectivity index (χ3n) is 3.94. The number of hydrogen-bond acceptors (Lipinski definition) is 5. The number of carboxylic acid groups (broad SMARTS) is 1. The van der Waals surface area contributed by atoms with Crippen LogP contribution in [0, 0.1) is 10.1 Å². The lowest BCUT2D eigenvalue weighted by Gasteiger charge is -2.04. The molecule has 0 saturated carbocycles. The number of hydrogen-bond donors (Lipinski definition) is 1. The number of nitro benzene ring substituents is 1. The number of nitrogens with zero attached hydrogens (tertiary/aromatic N) is 2. The summed E-state index contributed by atoms with van der Waals surface area (Å²) in [6.07, 6.45) is 2.02. The smallest absolute Gasteiger partial charge is 0.307 e. The average molecular weight is 368 g/mol. The van der Waals surface area contributed by atoms with Crippen LogP contribution in [0.2, 0.25) is 0 Å². The van der Waals surface area contributed by atoms with Crippen molar-refractivity contribution in [2.75, 3.05) is 0 Å². The van der Waals surface area contributed by atoms with Crippen molar-refractivity contribution in [2.24, 2.45) is 0 Å². The molecule has 26 heavy (non-hydrogen) atoms. The van der Waals surface area contributed by atoms with Crippen LogP contribution in [0.25, 0.3) is 21.9 Å². The molecule has 6 nitrogen and oxygen atoms in total. The van der Waals surface area contributed by atoms with Gasteiger partial charge in [-0.15, -0.1) is 11.3 Å². The molecule has 0 aliphatic heterocycles. The molecule has 0 amide bonds. The molecule has 7 heteroatoms. The zero-order valence-corrected chi connectivity index (χ0v) is 14.8. The minimum absolute atomic E-state index is 0.0419. The molecule has 0 unspecified atom stereocenters. The Bertz CT molecular complexity index is 990. The van der Waals surface area contributed by atoms with E-state index in [2.05, 4.69) is 4.98 Å². The Morgan fingerprint density at radius 1 is 1.31 bits per heavy atom. The van der Waals surface area contributed by atoms with Crippen molar-refractivity contribution in [3.05, 3.63) is 68.7 Å². The zero-order chi connectivity index (χ0) is 18.7. The van der Waals surface area contributed by atoms with Crippen molar-refractivity contribution < 1.29 is 14.8 Å². The average Bonchev–Trinajstić information content (AvgIpc) is 3.04. The summed E-state index contributed by atoms with van der Waals surface area (Å²) in [5, 5.41) is 21.1. The molecule has 0 radical (unpaired) electrons. The number of para-hydroxylation sites is 1. The summed E-state index contributed by atoms with van der Waals surface area (Å²) in [7, 11) is 0. The fourth-order valence-electron chi connectivity index (χ4n) is 2.70. The second-order valence-corrected chi connectivity index (χ2v) is 6.76. The molecule has 1 N–H and O–H groups in total. The first-order valence-corrected chi connectivity index (χ1v) is 8.85. The Labute approximate surface area is 153 Å². The van der Waals surface area contributed by atoms with Gasteiger partial charge >= 0.3 is 5.97 Å². The lowest BCUT2D eigenvalue weighted by molar-refractivity contribution is -0.385. The summed E-state index contributed by atoms with van der Waals surface area (Å²) in [4.78, 5) is 26.7. The standard InChI is InChI=1S/C19H16N2O4S/c1-2-13-8-7-12(10-16(13)21(24)25)9-14(11-18(22)23)19-20-15-5-3-4-6-17(15)26-19/h3-10H,2,11H2,1H3,(H,22,23)/b14-9+. The quantitative estimate of drug-likeness (QED) is 0.499.